The van der Waals surface area contributed by atoms with E-state index < -0.39 is 5.91 Å². The van der Waals surface area contributed by atoms with E-state index in [4.69, 9.17) is 34.8 Å². The molecule has 3 aromatic carbocycles. The van der Waals surface area contributed by atoms with Gasteiger partial charge in [-0.2, -0.15) is 5.26 Å². The van der Waals surface area contributed by atoms with Crippen LogP contribution in [0, 0.1) is 11.3 Å². The van der Waals surface area contributed by atoms with Gasteiger partial charge in [-0.1, -0.05) is 59.1 Å². The molecule has 29 heavy (non-hydrogen) atoms. The molecule has 1 N–H and O–H groups in total. The highest BCUT2D eigenvalue weighted by Gasteiger charge is 2.12. The van der Waals surface area contributed by atoms with Crippen LogP contribution in [-0.4, -0.2) is 5.91 Å². The Morgan fingerprint density at radius 2 is 1.62 bits per heavy atom. The minimum Gasteiger partial charge on any atom is -0.321 e. The number of rotatable bonds is 5. The predicted octanol–water partition coefficient (Wildman–Crippen LogP) is 6.78. The molecule has 3 nitrogen and oxygen atoms in total. The zero-order chi connectivity index (χ0) is 20.8. The summed E-state index contributed by atoms with van der Waals surface area (Å²) in [6.07, 6.45) is 2.07. The second kappa shape index (κ2) is 9.62. The summed E-state index contributed by atoms with van der Waals surface area (Å²) in [6, 6.07) is 21.5. The molecule has 0 fully saturated rings. The third-order valence-corrected chi connectivity index (χ3v) is 5.07. The molecule has 1 amide bonds. The molecule has 0 aromatic heterocycles. The van der Waals surface area contributed by atoms with Crippen LogP contribution in [-0.2, 0) is 11.2 Å². The highest BCUT2D eigenvalue weighted by atomic mass is 35.5. The van der Waals surface area contributed by atoms with Crippen molar-refractivity contribution in [3.05, 3.63) is 104 Å². The van der Waals surface area contributed by atoms with E-state index in [0.717, 1.165) is 11.1 Å². The Balaban J connectivity index is 1.91. The average Bonchev–Trinajstić information content (AvgIpc) is 2.71. The lowest BCUT2D eigenvalue weighted by molar-refractivity contribution is -0.112. The van der Waals surface area contributed by atoms with Crippen molar-refractivity contribution in [1.82, 2.24) is 0 Å². The van der Waals surface area contributed by atoms with Crippen molar-refractivity contribution in [2.75, 3.05) is 5.32 Å². The molecule has 0 aliphatic carbocycles. The Morgan fingerprint density at radius 3 is 2.31 bits per heavy atom. The first-order valence-corrected chi connectivity index (χ1v) is 9.80. The summed E-state index contributed by atoms with van der Waals surface area (Å²) in [4.78, 5) is 12.6. The molecule has 0 unspecified atom stereocenters. The first kappa shape index (κ1) is 21.0. The molecule has 0 spiro atoms. The molecule has 144 valence electrons. The number of hydrogen-bond acceptors (Lipinski definition) is 2. The maximum absolute atomic E-state index is 12.6. The quantitative estimate of drug-likeness (QED) is 0.350. The van der Waals surface area contributed by atoms with Crippen LogP contribution in [0.1, 0.15) is 16.7 Å². The molecular weight excluding hydrogens is 427 g/mol. The fourth-order valence-corrected chi connectivity index (χ4v) is 3.25. The first-order chi connectivity index (χ1) is 14.0. The number of nitrogens with zero attached hydrogens (tertiary/aromatic N) is 1. The SMILES string of the molecule is N#C/C(=C\c1cc(Cl)ccc1Cc1ccccc1Cl)C(=O)Nc1ccc(Cl)cc1. The van der Waals surface area contributed by atoms with Crippen molar-refractivity contribution in [2.45, 2.75) is 6.42 Å². The molecular formula is C23H15Cl3N2O. The summed E-state index contributed by atoms with van der Waals surface area (Å²) >= 11 is 18.3. The van der Waals surface area contributed by atoms with E-state index in [-0.39, 0.29) is 5.57 Å². The molecule has 3 aromatic rings. The molecule has 0 radical (unpaired) electrons. The van der Waals surface area contributed by atoms with Crippen molar-refractivity contribution < 1.29 is 4.79 Å². The van der Waals surface area contributed by atoms with Gasteiger partial charge >= 0.3 is 0 Å². The van der Waals surface area contributed by atoms with Crippen LogP contribution in [0.25, 0.3) is 6.08 Å². The van der Waals surface area contributed by atoms with Crippen molar-refractivity contribution in [3.8, 4) is 6.07 Å². The largest absolute Gasteiger partial charge is 0.321 e. The summed E-state index contributed by atoms with van der Waals surface area (Å²) < 4.78 is 0. The first-order valence-electron chi connectivity index (χ1n) is 8.67. The summed E-state index contributed by atoms with van der Waals surface area (Å²) in [6.45, 7) is 0. The Bertz CT molecular complexity index is 1120. The fourth-order valence-electron chi connectivity index (χ4n) is 2.74. The fraction of sp³-hybridized carbons (Fsp3) is 0.0435. The van der Waals surface area contributed by atoms with Crippen LogP contribution in [0.5, 0.6) is 0 Å². The Kier molecular flexibility index (Phi) is 6.95. The Labute approximate surface area is 184 Å². The minimum absolute atomic E-state index is 0.0392. The summed E-state index contributed by atoms with van der Waals surface area (Å²) in [5, 5.41) is 13.9. The van der Waals surface area contributed by atoms with Gasteiger partial charge in [-0.15, -0.1) is 0 Å². The molecule has 0 heterocycles. The maximum Gasteiger partial charge on any atom is 0.266 e. The van der Waals surface area contributed by atoms with E-state index in [0.29, 0.717) is 32.7 Å². The van der Waals surface area contributed by atoms with E-state index in [9.17, 15) is 10.1 Å². The number of amides is 1. The molecule has 0 saturated carbocycles. The van der Waals surface area contributed by atoms with Crippen LogP contribution >= 0.6 is 34.8 Å². The summed E-state index contributed by atoms with van der Waals surface area (Å²) in [5.41, 5.74) is 3.02. The Morgan fingerprint density at radius 1 is 0.931 bits per heavy atom. The van der Waals surface area contributed by atoms with E-state index in [1.807, 2.05) is 36.4 Å². The highest BCUT2D eigenvalue weighted by molar-refractivity contribution is 6.31. The standard InChI is InChI=1S/C23H15Cl3N2O/c24-19-7-9-21(10-8-19)28-23(29)18(14-27)12-17-13-20(25)6-5-15(17)11-16-3-1-2-4-22(16)26/h1-10,12-13H,11H2,(H,28,29)/b18-12+. The monoisotopic (exact) mass is 440 g/mol. The van der Waals surface area contributed by atoms with Gasteiger partial charge in [-0.3, -0.25) is 4.79 Å². The van der Waals surface area contributed by atoms with Crippen molar-refractivity contribution in [1.29, 1.82) is 5.26 Å². The number of halogens is 3. The zero-order valence-electron chi connectivity index (χ0n) is 15.1. The Hall–Kier alpha value is -2.77. The third-order valence-electron chi connectivity index (χ3n) is 4.21. The van der Waals surface area contributed by atoms with Gasteiger partial charge in [0.15, 0.2) is 0 Å². The average molecular weight is 442 g/mol. The van der Waals surface area contributed by atoms with E-state index >= 15 is 0 Å². The van der Waals surface area contributed by atoms with Crippen molar-refractivity contribution >= 4 is 52.5 Å². The van der Waals surface area contributed by atoms with Crippen LogP contribution < -0.4 is 5.32 Å². The van der Waals surface area contributed by atoms with Crippen molar-refractivity contribution in [2.24, 2.45) is 0 Å². The zero-order valence-corrected chi connectivity index (χ0v) is 17.4. The molecule has 0 saturated heterocycles. The summed E-state index contributed by atoms with van der Waals surface area (Å²) in [5.74, 6) is -0.515. The van der Waals surface area contributed by atoms with Gasteiger partial charge < -0.3 is 5.32 Å². The van der Waals surface area contributed by atoms with E-state index in [2.05, 4.69) is 5.32 Å². The minimum atomic E-state index is -0.515. The van der Waals surface area contributed by atoms with Gasteiger partial charge in [0.25, 0.3) is 5.91 Å². The van der Waals surface area contributed by atoms with E-state index in [1.54, 1.807) is 36.4 Å². The number of nitriles is 1. The lowest BCUT2D eigenvalue weighted by Gasteiger charge is -2.10. The number of hydrogen-bond donors (Lipinski definition) is 1. The molecule has 0 aliphatic heterocycles. The molecule has 0 bridgehead atoms. The summed E-state index contributed by atoms with van der Waals surface area (Å²) in [7, 11) is 0. The van der Waals surface area contributed by atoms with Gasteiger partial charge in [-0.25, -0.2) is 0 Å². The smallest absolute Gasteiger partial charge is 0.266 e. The number of nitrogens with one attached hydrogen (secondary N) is 1. The normalized spacial score (nSPS) is 11.0. The van der Waals surface area contributed by atoms with Crippen LogP contribution in [0.2, 0.25) is 15.1 Å². The van der Waals surface area contributed by atoms with Crippen LogP contribution in [0.15, 0.2) is 72.3 Å². The number of anilines is 1. The van der Waals surface area contributed by atoms with Crippen LogP contribution in [0.4, 0.5) is 5.69 Å². The van der Waals surface area contributed by atoms with Gasteiger partial charge in [0.1, 0.15) is 11.6 Å². The lowest BCUT2D eigenvalue weighted by atomic mass is 9.98. The molecule has 3 rings (SSSR count). The second-order valence-corrected chi connectivity index (χ2v) is 7.52. The topological polar surface area (TPSA) is 52.9 Å². The second-order valence-electron chi connectivity index (χ2n) is 6.24. The van der Waals surface area contributed by atoms with Gasteiger partial charge in [0, 0.05) is 20.8 Å². The molecule has 0 atom stereocenters. The lowest BCUT2D eigenvalue weighted by Crippen LogP contribution is -2.13. The van der Waals surface area contributed by atoms with Crippen LogP contribution in [0.3, 0.4) is 0 Å². The van der Waals surface area contributed by atoms with E-state index in [1.165, 1.54) is 6.08 Å². The van der Waals surface area contributed by atoms with Gasteiger partial charge in [-0.05, 0) is 71.7 Å². The van der Waals surface area contributed by atoms with Gasteiger partial charge in [0.05, 0.1) is 0 Å². The molecule has 6 heteroatoms. The third kappa shape index (κ3) is 5.62. The van der Waals surface area contributed by atoms with Crippen molar-refractivity contribution in [3.63, 3.8) is 0 Å². The van der Waals surface area contributed by atoms with Gasteiger partial charge in [0.2, 0.25) is 0 Å². The number of carbonyl (C=O) groups is 1. The molecule has 0 aliphatic rings. The predicted molar refractivity (Wildman–Crippen MR) is 119 cm³/mol. The number of benzene rings is 3. The highest BCUT2D eigenvalue weighted by Crippen LogP contribution is 2.25. The number of carbonyl (C=O) groups excluding carboxylic acids is 1. The maximum atomic E-state index is 12.6.